The number of aryl methyl sites for hydroxylation is 1. The molecule has 1 saturated heterocycles. The van der Waals surface area contributed by atoms with Crippen molar-refractivity contribution in [3.05, 3.63) is 54.1 Å². The summed E-state index contributed by atoms with van der Waals surface area (Å²) in [6.45, 7) is 2.50. The van der Waals surface area contributed by atoms with Crippen LogP contribution in [-0.4, -0.2) is 27.1 Å². The molecule has 1 unspecified atom stereocenters. The second kappa shape index (κ2) is 6.60. The first kappa shape index (κ1) is 15.8. The number of rotatable bonds is 4. The summed E-state index contributed by atoms with van der Waals surface area (Å²) in [5, 5.41) is 13.0. The molecule has 23 heavy (non-hydrogen) atoms. The first-order chi connectivity index (χ1) is 11.1. The third-order valence-corrected chi connectivity index (χ3v) is 5.18. The van der Waals surface area contributed by atoms with Crippen LogP contribution in [0.25, 0.3) is 0 Å². The minimum Gasteiger partial charge on any atom is -0.506 e. The van der Waals surface area contributed by atoms with Crippen molar-refractivity contribution in [3.63, 3.8) is 0 Å². The average Bonchev–Trinajstić information content (AvgIpc) is 2.82. The van der Waals surface area contributed by atoms with Crippen LogP contribution in [0.2, 0.25) is 0 Å². The van der Waals surface area contributed by atoms with Crippen LogP contribution in [0.3, 0.4) is 0 Å². The molecule has 0 radical (unpaired) electrons. The zero-order valence-corrected chi connectivity index (χ0v) is 14.2. The summed E-state index contributed by atoms with van der Waals surface area (Å²) < 4.78 is 0.466. The fraction of sp³-hybridized carbons (Fsp3) is 0.176. The highest BCUT2D eigenvalue weighted by atomic mass is 32.2. The molecule has 0 aliphatic carbocycles. The highest BCUT2D eigenvalue weighted by Gasteiger charge is 2.38. The number of hydrogen-bond acceptors (Lipinski definition) is 5. The number of nitrogens with zero attached hydrogens (tertiary/aromatic N) is 1. The SMILES string of the molecule is Cc1ccccc1NCC1SC(=S)N(c2ccccc2O)C1=O. The Morgan fingerprint density at radius 2 is 1.91 bits per heavy atom. The number of carbonyl (C=O) groups excluding carboxylic acids is 1. The summed E-state index contributed by atoms with van der Waals surface area (Å²) in [6, 6.07) is 14.7. The molecule has 2 N–H and O–H groups in total. The minimum absolute atomic E-state index is 0.0521. The average molecular weight is 344 g/mol. The van der Waals surface area contributed by atoms with Crippen LogP contribution in [0.15, 0.2) is 48.5 Å². The zero-order valence-electron chi connectivity index (χ0n) is 12.5. The maximum atomic E-state index is 12.6. The fourth-order valence-corrected chi connectivity index (χ4v) is 3.88. The van der Waals surface area contributed by atoms with E-state index in [0.717, 1.165) is 11.3 Å². The second-order valence-corrected chi connectivity index (χ2v) is 7.07. The summed E-state index contributed by atoms with van der Waals surface area (Å²) in [4.78, 5) is 14.1. The van der Waals surface area contributed by atoms with Crippen LogP contribution >= 0.6 is 24.0 Å². The Hall–Kier alpha value is -2.05. The van der Waals surface area contributed by atoms with Crippen molar-refractivity contribution in [2.24, 2.45) is 0 Å². The number of phenols is 1. The minimum atomic E-state index is -0.304. The van der Waals surface area contributed by atoms with Crippen molar-refractivity contribution in [1.82, 2.24) is 0 Å². The Morgan fingerprint density at radius 3 is 2.65 bits per heavy atom. The van der Waals surface area contributed by atoms with E-state index in [1.54, 1.807) is 24.3 Å². The van der Waals surface area contributed by atoms with Crippen LogP contribution in [0, 0.1) is 6.92 Å². The van der Waals surface area contributed by atoms with Gasteiger partial charge in [-0.3, -0.25) is 9.69 Å². The molecule has 0 spiro atoms. The van der Waals surface area contributed by atoms with E-state index in [-0.39, 0.29) is 16.9 Å². The van der Waals surface area contributed by atoms with Gasteiger partial charge in [-0.05, 0) is 30.7 Å². The molecule has 1 amide bonds. The van der Waals surface area contributed by atoms with Gasteiger partial charge in [0, 0.05) is 12.2 Å². The van der Waals surface area contributed by atoms with Gasteiger partial charge in [0.25, 0.3) is 0 Å². The monoisotopic (exact) mass is 344 g/mol. The maximum Gasteiger partial charge on any atom is 0.248 e. The summed E-state index contributed by atoms with van der Waals surface area (Å²) in [5.41, 5.74) is 2.57. The van der Waals surface area contributed by atoms with Crippen LogP contribution in [-0.2, 0) is 4.79 Å². The lowest BCUT2D eigenvalue weighted by Gasteiger charge is -2.17. The van der Waals surface area contributed by atoms with Gasteiger partial charge >= 0.3 is 0 Å². The Kier molecular flexibility index (Phi) is 4.54. The number of para-hydroxylation sites is 3. The molecule has 3 rings (SSSR count). The van der Waals surface area contributed by atoms with E-state index in [0.29, 0.717) is 16.6 Å². The van der Waals surface area contributed by atoms with Crippen molar-refractivity contribution in [3.8, 4) is 5.75 Å². The number of benzene rings is 2. The third-order valence-electron chi connectivity index (χ3n) is 3.67. The van der Waals surface area contributed by atoms with E-state index >= 15 is 0 Å². The van der Waals surface area contributed by atoms with Crippen molar-refractivity contribution in [1.29, 1.82) is 0 Å². The second-order valence-electron chi connectivity index (χ2n) is 5.23. The van der Waals surface area contributed by atoms with Crippen molar-refractivity contribution >= 4 is 45.6 Å². The van der Waals surface area contributed by atoms with Crippen LogP contribution in [0.4, 0.5) is 11.4 Å². The van der Waals surface area contributed by atoms with Crippen molar-refractivity contribution in [2.45, 2.75) is 12.2 Å². The van der Waals surface area contributed by atoms with Gasteiger partial charge in [0.2, 0.25) is 5.91 Å². The molecule has 1 heterocycles. The number of thioether (sulfide) groups is 1. The number of hydrogen-bond donors (Lipinski definition) is 2. The van der Waals surface area contributed by atoms with Gasteiger partial charge in [-0.2, -0.15) is 0 Å². The lowest BCUT2D eigenvalue weighted by atomic mass is 10.2. The quantitative estimate of drug-likeness (QED) is 0.831. The molecule has 1 fully saturated rings. The molecule has 4 nitrogen and oxygen atoms in total. The number of anilines is 2. The van der Waals surface area contributed by atoms with Crippen molar-refractivity contribution < 1.29 is 9.90 Å². The van der Waals surface area contributed by atoms with E-state index in [1.807, 2.05) is 31.2 Å². The van der Waals surface area contributed by atoms with Crippen LogP contribution in [0.5, 0.6) is 5.75 Å². The fourth-order valence-electron chi connectivity index (χ4n) is 2.43. The number of amides is 1. The number of thiocarbonyl (C=S) groups is 1. The maximum absolute atomic E-state index is 12.6. The number of aromatic hydroxyl groups is 1. The van der Waals surface area contributed by atoms with Gasteiger partial charge in [-0.15, -0.1) is 0 Å². The van der Waals surface area contributed by atoms with Gasteiger partial charge in [-0.1, -0.05) is 54.3 Å². The molecule has 2 aromatic carbocycles. The Morgan fingerprint density at radius 1 is 1.22 bits per heavy atom. The molecule has 1 atom stereocenters. The van der Waals surface area contributed by atoms with Gasteiger partial charge < -0.3 is 10.4 Å². The highest BCUT2D eigenvalue weighted by Crippen LogP contribution is 2.36. The van der Waals surface area contributed by atoms with E-state index in [4.69, 9.17) is 12.2 Å². The molecule has 0 saturated carbocycles. The summed E-state index contributed by atoms with van der Waals surface area (Å²) in [5.74, 6) is -0.0566. The molecule has 1 aliphatic rings. The number of carbonyl (C=O) groups is 1. The summed E-state index contributed by atoms with van der Waals surface area (Å²) >= 11 is 6.67. The first-order valence-corrected chi connectivity index (χ1v) is 8.49. The van der Waals surface area contributed by atoms with Crippen LogP contribution in [0.1, 0.15) is 5.56 Å². The van der Waals surface area contributed by atoms with Gasteiger partial charge in [0.1, 0.15) is 15.3 Å². The van der Waals surface area contributed by atoms with E-state index < -0.39 is 0 Å². The lowest BCUT2D eigenvalue weighted by Crippen LogP contribution is -2.34. The highest BCUT2D eigenvalue weighted by molar-refractivity contribution is 8.25. The Balaban J connectivity index is 1.74. The summed E-state index contributed by atoms with van der Waals surface area (Å²) in [7, 11) is 0. The number of nitrogens with one attached hydrogen (secondary N) is 1. The topological polar surface area (TPSA) is 52.6 Å². The smallest absolute Gasteiger partial charge is 0.248 e. The van der Waals surface area contributed by atoms with Gasteiger partial charge in [0.15, 0.2) is 0 Å². The Labute approximate surface area is 144 Å². The predicted molar refractivity (Wildman–Crippen MR) is 99.2 cm³/mol. The zero-order chi connectivity index (χ0) is 16.4. The summed E-state index contributed by atoms with van der Waals surface area (Å²) in [6.07, 6.45) is 0. The molecule has 0 aromatic heterocycles. The predicted octanol–water partition coefficient (Wildman–Crippen LogP) is 3.55. The molecular weight excluding hydrogens is 328 g/mol. The van der Waals surface area contributed by atoms with E-state index in [1.165, 1.54) is 16.7 Å². The lowest BCUT2D eigenvalue weighted by molar-refractivity contribution is -0.116. The molecular formula is C17H16N2O2S2. The molecule has 1 aliphatic heterocycles. The standard InChI is InChI=1S/C17H16N2O2S2/c1-11-6-2-3-7-12(11)18-10-15-16(21)19(17(22)23-15)13-8-4-5-9-14(13)20/h2-9,15,18,20H,10H2,1H3. The van der Waals surface area contributed by atoms with E-state index in [2.05, 4.69) is 5.32 Å². The molecule has 0 bridgehead atoms. The molecule has 2 aromatic rings. The normalized spacial score (nSPS) is 17.6. The largest absolute Gasteiger partial charge is 0.506 e. The first-order valence-electron chi connectivity index (χ1n) is 7.20. The van der Waals surface area contributed by atoms with Gasteiger partial charge in [0.05, 0.1) is 5.69 Å². The van der Waals surface area contributed by atoms with Crippen LogP contribution < -0.4 is 10.2 Å². The Bertz CT molecular complexity index is 764. The van der Waals surface area contributed by atoms with Crippen molar-refractivity contribution in [2.75, 3.05) is 16.8 Å². The number of phenolic OH excluding ortho intramolecular Hbond substituents is 1. The molecule has 118 valence electrons. The molecule has 6 heteroatoms. The van der Waals surface area contributed by atoms with E-state index in [9.17, 15) is 9.90 Å². The van der Waals surface area contributed by atoms with Gasteiger partial charge in [-0.25, -0.2) is 0 Å². The third kappa shape index (κ3) is 3.18.